The van der Waals surface area contributed by atoms with E-state index in [1.807, 2.05) is 0 Å². The average molecular weight is 557 g/mol. The van der Waals surface area contributed by atoms with Crippen LogP contribution in [0.3, 0.4) is 0 Å². The molecule has 0 saturated carbocycles. The zero-order valence-corrected chi connectivity index (χ0v) is 22.3. The molecule has 0 fully saturated rings. The Kier molecular flexibility index (Phi) is 7.72. The Morgan fingerprint density at radius 3 is 1.08 bits per heavy atom. The summed E-state index contributed by atoms with van der Waals surface area (Å²) in [6.07, 6.45) is 0. The Labute approximate surface area is 227 Å². The summed E-state index contributed by atoms with van der Waals surface area (Å²) in [4.78, 5) is -0.108. The molecular weight excluding hydrogens is 532 g/mol. The number of rotatable bonds is 6. The Balaban J connectivity index is 0.000000257. The first-order chi connectivity index (χ1) is 18.9. The van der Waals surface area contributed by atoms with Crippen LogP contribution in [0.25, 0.3) is 32.3 Å². The van der Waals surface area contributed by atoms with Crippen molar-refractivity contribution in [3.8, 4) is 0 Å². The van der Waals surface area contributed by atoms with E-state index in [2.05, 4.69) is 48.5 Å². The SMILES string of the molecule is O=S(=O)(OCOS(=O)(=O)c1cccc2ccccc12)c1cccc2ccccc12.c1ccc2ccccc2c1. The molecule has 0 N–H and O–H groups in total. The van der Waals surface area contributed by atoms with Crippen molar-refractivity contribution in [2.45, 2.75) is 9.79 Å². The second-order valence-corrected chi connectivity index (χ2v) is 11.7. The van der Waals surface area contributed by atoms with Crippen LogP contribution in [-0.2, 0) is 28.6 Å². The molecule has 0 amide bonds. The van der Waals surface area contributed by atoms with Crippen molar-refractivity contribution in [3.63, 3.8) is 0 Å². The summed E-state index contributed by atoms with van der Waals surface area (Å²) in [6.45, 7) is -0.961. The fraction of sp³-hybridized carbons (Fsp3) is 0.0323. The molecule has 6 aromatic carbocycles. The van der Waals surface area contributed by atoms with Gasteiger partial charge in [0.05, 0.1) is 0 Å². The maximum Gasteiger partial charge on any atom is 0.299 e. The van der Waals surface area contributed by atoms with E-state index in [-0.39, 0.29) is 9.79 Å². The van der Waals surface area contributed by atoms with E-state index >= 15 is 0 Å². The predicted octanol–water partition coefficient (Wildman–Crippen LogP) is 6.90. The van der Waals surface area contributed by atoms with Crippen LogP contribution in [-0.4, -0.2) is 23.6 Å². The molecule has 0 bridgehead atoms. The topological polar surface area (TPSA) is 86.7 Å². The van der Waals surface area contributed by atoms with Crippen molar-refractivity contribution < 1.29 is 25.2 Å². The molecule has 0 saturated heterocycles. The second-order valence-electron chi connectivity index (χ2n) is 8.56. The molecule has 6 rings (SSSR count). The predicted molar refractivity (Wildman–Crippen MR) is 153 cm³/mol. The van der Waals surface area contributed by atoms with Crippen LogP contribution in [0.15, 0.2) is 143 Å². The van der Waals surface area contributed by atoms with Crippen LogP contribution in [0, 0.1) is 0 Å². The van der Waals surface area contributed by atoms with Gasteiger partial charge in [-0.3, -0.25) is 0 Å². The van der Waals surface area contributed by atoms with Gasteiger partial charge >= 0.3 is 0 Å². The summed E-state index contributed by atoms with van der Waals surface area (Å²) < 4.78 is 60.1. The standard InChI is InChI=1S/C21H16O6S2.C10H8/c22-28(23,20-13-5-9-16-7-1-3-11-18(16)20)26-15-27-29(24,25)21-14-6-10-17-8-2-4-12-19(17)21;1-2-6-10-8-4-3-7-9(10)5-1/h1-14H,15H2;1-8H. The van der Waals surface area contributed by atoms with Crippen molar-refractivity contribution in [2.75, 3.05) is 6.79 Å². The maximum absolute atomic E-state index is 12.6. The monoisotopic (exact) mass is 556 g/mol. The van der Waals surface area contributed by atoms with Gasteiger partial charge in [0.25, 0.3) is 20.2 Å². The third-order valence-corrected chi connectivity index (χ3v) is 8.71. The van der Waals surface area contributed by atoms with Gasteiger partial charge in [-0.1, -0.05) is 121 Å². The zero-order chi connectivity index (χ0) is 27.3. The third-order valence-electron chi connectivity index (χ3n) is 6.10. The molecule has 0 heterocycles. The van der Waals surface area contributed by atoms with Crippen LogP contribution >= 0.6 is 0 Å². The maximum atomic E-state index is 12.6. The van der Waals surface area contributed by atoms with Crippen molar-refractivity contribution >= 4 is 52.6 Å². The first kappa shape index (κ1) is 26.5. The van der Waals surface area contributed by atoms with Gasteiger partial charge in [-0.2, -0.15) is 16.8 Å². The van der Waals surface area contributed by atoms with Gasteiger partial charge in [0.15, 0.2) is 6.79 Å². The summed E-state index contributed by atoms with van der Waals surface area (Å²) >= 11 is 0. The van der Waals surface area contributed by atoms with E-state index in [0.717, 1.165) is 10.8 Å². The Morgan fingerprint density at radius 1 is 0.385 bits per heavy atom. The lowest BCUT2D eigenvalue weighted by Crippen LogP contribution is -2.14. The molecule has 0 spiro atoms. The number of fused-ring (bicyclic) bond motifs is 3. The van der Waals surface area contributed by atoms with Gasteiger partial charge in [-0.15, -0.1) is 0 Å². The van der Waals surface area contributed by atoms with Crippen molar-refractivity contribution in [3.05, 3.63) is 133 Å². The molecule has 0 radical (unpaired) electrons. The fourth-order valence-electron chi connectivity index (χ4n) is 4.23. The van der Waals surface area contributed by atoms with Crippen LogP contribution in [0.1, 0.15) is 0 Å². The molecule has 0 aliphatic heterocycles. The minimum atomic E-state index is -4.22. The van der Waals surface area contributed by atoms with Gasteiger partial charge in [0.1, 0.15) is 9.79 Å². The minimum absolute atomic E-state index is 0.0539. The van der Waals surface area contributed by atoms with E-state index in [9.17, 15) is 16.8 Å². The molecule has 0 aliphatic rings. The minimum Gasteiger partial charge on any atom is -0.236 e. The van der Waals surface area contributed by atoms with E-state index < -0.39 is 27.0 Å². The summed E-state index contributed by atoms with van der Waals surface area (Å²) in [5.41, 5.74) is 0. The van der Waals surface area contributed by atoms with E-state index in [1.165, 1.54) is 22.9 Å². The van der Waals surface area contributed by atoms with Gasteiger partial charge in [0.2, 0.25) is 0 Å². The van der Waals surface area contributed by atoms with E-state index in [1.54, 1.807) is 72.8 Å². The molecule has 196 valence electrons. The lowest BCUT2D eigenvalue weighted by molar-refractivity contribution is 0.132. The quantitative estimate of drug-likeness (QED) is 0.164. The largest absolute Gasteiger partial charge is 0.299 e. The summed E-state index contributed by atoms with van der Waals surface area (Å²) in [5.74, 6) is 0. The fourth-order valence-corrected chi connectivity index (χ4v) is 6.30. The van der Waals surface area contributed by atoms with Crippen LogP contribution < -0.4 is 0 Å². The average Bonchev–Trinajstić information content (AvgIpc) is 2.96. The number of benzene rings is 6. The molecule has 8 heteroatoms. The molecule has 0 atom stereocenters. The molecular formula is C31H24O6S2. The van der Waals surface area contributed by atoms with E-state index in [4.69, 9.17) is 8.37 Å². The molecule has 39 heavy (non-hydrogen) atoms. The van der Waals surface area contributed by atoms with Gasteiger partial charge in [-0.05, 0) is 33.7 Å². The Hall–Kier alpha value is -4.08. The highest BCUT2D eigenvalue weighted by atomic mass is 32.2. The number of hydrogen-bond acceptors (Lipinski definition) is 6. The smallest absolute Gasteiger partial charge is 0.236 e. The van der Waals surface area contributed by atoms with Gasteiger partial charge in [-0.25, -0.2) is 8.37 Å². The summed E-state index contributed by atoms with van der Waals surface area (Å²) in [5, 5.41) is 5.02. The first-order valence-electron chi connectivity index (χ1n) is 12.0. The van der Waals surface area contributed by atoms with E-state index in [0.29, 0.717) is 10.8 Å². The van der Waals surface area contributed by atoms with Crippen LogP contribution in [0.4, 0.5) is 0 Å². The first-order valence-corrected chi connectivity index (χ1v) is 14.8. The van der Waals surface area contributed by atoms with Crippen LogP contribution in [0.5, 0.6) is 0 Å². The van der Waals surface area contributed by atoms with Crippen molar-refractivity contribution in [1.29, 1.82) is 0 Å². The molecule has 0 aliphatic carbocycles. The van der Waals surface area contributed by atoms with Crippen LogP contribution in [0.2, 0.25) is 0 Å². The zero-order valence-electron chi connectivity index (χ0n) is 20.7. The number of hydrogen-bond donors (Lipinski definition) is 0. The van der Waals surface area contributed by atoms with Crippen molar-refractivity contribution in [2.24, 2.45) is 0 Å². The second kappa shape index (κ2) is 11.3. The van der Waals surface area contributed by atoms with Gasteiger partial charge in [0, 0.05) is 10.8 Å². The summed E-state index contributed by atoms with van der Waals surface area (Å²) in [7, 11) is -8.45. The lowest BCUT2D eigenvalue weighted by atomic mass is 10.1. The van der Waals surface area contributed by atoms with Gasteiger partial charge < -0.3 is 0 Å². The normalized spacial score (nSPS) is 11.8. The highest BCUT2D eigenvalue weighted by Gasteiger charge is 2.22. The van der Waals surface area contributed by atoms with Crippen molar-refractivity contribution in [1.82, 2.24) is 0 Å². The highest BCUT2D eigenvalue weighted by molar-refractivity contribution is 7.87. The third kappa shape index (κ3) is 6.00. The Bertz CT molecular complexity index is 1800. The lowest BCUT2D eigenvalue weighted by Gasteiger charge is -2.10. The molecule has 0 unspecified atom stereocenters. The molecule has 6 nitrogen and oxygen atoms in total. The summed E-state index contributed by atoms with van der Waals surface area (Å²) in [6, 6.07) is 40.1. The molecule has 0 aromatic heterocycles. The Morgan fingerprint density at radius 2 is 0.692 bits per heavy atom. The highest BCUT2D eigenvalue weighted by Crippen LogP contribution is 2.26. The molecule has 6 aromatic rings.